The Morgan fingerprint density at radius 3 is 3.14 bits per heavy atom. The molecule has 74 valence electrons. The highest BCUT2D eigenvalue weighted by Crippen LogP contribution is 2.09. The normalized spacial score (nSPS) is 17.5. The highest BCUT2D eigenvalue weighted by molar-refractivity contribution is 7.08. The molecule has 2 nitrogen and oxygen atoms in total. The molecule has 0 atom stereocenters. The third-order valence-electron chi connectivity index (χ3n) is 2.28. The number of amidine groups is 1. The maximum absolute atomic E-state index is 4.47. The molecule has 14 heavy (non-hydrogen) atoms. The molecule has 0 N–H and O–H groups in total. The van der Waals surface area contributed by atoms with Crippen LogP contribution in [0.3, 0.4) is 0 Å². The first kappa shape index (κ1) is 9.46. The molecular formula is C11H14N2S. The van der Waals surface area contributed by atoms with Crippen LogP contribution in [0.15, 0.2) is 27.9 Å². The zero-order valence-electron chi connectivity index (χ0n) is 8.31. The number of aliphatic imine (C=N–C) groups is 1. The Hall–Kier alpha value is -1.09. The van der Waals surface area contributed by atoms with Gasteiger partial charge in [0.1, 0.15) is 5.84 Å². The van der Waals surface area contributed by atoms with Gasteiger partial charge in [-0.25, -0.2) is 0 Å². The van der Waals surface area contributed by atoms with E-state index in [0.717, 1.165) is 18.9 Å². The number of likely N-dealkylation sites (N-methyl/N-ethyl adjacent to an activating group) is 1. The molecule has 3 heteroatoms. The van der Waals surface area contributed by atoms with E-state index in [4.69, 9.17) is 0 Å². The molecule has 1 aromatic rings. The Kier molecular flexibility index (Phi) is 2.99. The second kappa shape index (κ2) is 4.42. The maximum Gasteiger partial charge on any atom is 0.123 e. The van der Waals surface area contributed by atoms with E-state index in [1.807, 2.05) is 0 Å². The van der Waals surface area contributed by atoms with Crippen molar-refractivity contribution in [2.45, 2.75) is 6.42 Å². The highest BCUT2D eigenvalue weighted by atomic mass is 32.1. The summed E-state index contributed by atoms with van der Waals surface area (Å²) in [4.78, 5) is 6.67. The molecule has 2 rings (SSSR count). The molecular weight excluding hydrogens is 192 g/mol. The van der Waals surface area contributed by atoms with Crippen LogP contribution in [0.1, 0.15) is 12.0 Å². The van der Waals surface area contributed by atoms with E-state index in [1.165, 1.54) is 12.0 Å². The minimum atomic E-state index is 0.966. The van der Waals surface area contributed by atoms with Crippen LogP contribution in [0, 0.1) is 0 Å². The van der Waals surface area contributed by atoms with Crippen LogP contribution in [0.5, 0.6) is 0 Å². The lowest BCUT2D eigenvalue weighted by atomic mass is 10.2. The van der Waals surface area contributed by atoms with Crippen molar-refractivity contribution in [1.29, 1.82) is 0 Å². The van der Waals surface area contributed by atoms with Gasteiger partial charge in [-0.05, 0) is 34.9 Å². The lowest BCUT2D eigenvalue weighted by Crippen LogP contribution is -2.30. The summed E-state index contributed by atoms with van der Waals surface area (Å²) in [5.74, 6) is 1.10. The summed E-state index contributed by atoms with van der Waals surface area (Å²) in [6.07, 6.45) is 5.39. The molecule has 1 aliphatic heterocycles. The molecule has 0 bridgehead atoms. The van der Waals surface area contributed by atoms with E-state index < -0.39 is 0 Å². The predicted octanol–water partition coefficient (Wildman–Crippen LogP) is 2.50. The molecule has 0 amide bonds. The predicted molar refractivity (Wildman–Crippen MR) is 62.9 cm³/mol. The average Bonchev–Trinajstić information content (AvgIpc) is 2.69. The number of rotatable bonds is 2. The van der Waals surface area contributed by atoms with Crippen LogP contribution in [-0.2, 0) is 0 Å². The van der Waals surface area contributed by atoms with Crippen LogP contribution in [0.2, 0.25) is 0 Å². The van der Waals surface area contributed by atoms with E-state index in [9.17, 15) is 0 Å². The first-order chi connectivity index (χ1) is 6.86. The van der Waals surface area contributed by atoms with E-state index in [2.05, 4.69) is 45.9 Å². The molecule has 1 aliphatic rings. The summed E-state index contributed by atoms with van der Waals surface area (Å²) < 4.78 is 0. The first-order valence-electron chi connectivity index (χ1n) is 4.82. The third kappa shape index (κ3) is 2.23. The monoisotopic (exact) mass is 206 g/mol. The Labute approximate surface area is 88.6 Å². The van der Waals surface area contributed by atoms with Crippen molar-refractivity contribution >= 4 is 23.2 Å². The van der Waals surface area contributed by atoms with Crippen molar-refractivity contribution < 1.29 is 0 Å². The van der Waals surface area contributed by atoms with Crippen molar-refractivity contribution in [3.63, 3.8) is 0 Å². The molecule has 0 aliphatic carbocycles. The van der Waals surface area contributed by atoms with Gasteiger partial charge in [0, 0.05) is 20.1 Å². The lowest BCUT2D eigenvalue weighted by molar-refractivity contribution is 0.470. The van der Waals surface area contributed by atoms with Crippen LogP contribution < -0.4 is 0 Å². The molecule has 0 aromatic carbocycles. The SMILES string of the molecule is CN1CCCN=C1/C=C/c1ccsc1. The van der Waals surface area contributed by atoms with E-state index in [1.54, 1.807) is 11.3 Å². The van der Waals surface area contributed by atoms with Gasteiger partial charge in [0.05, 0.1) is 0 Å². The summed E-state index contributed by atoms with van der Waals surface area (Å²) in [5, 5.41) is 4.23. The second-order valence-electron chi connectivity index (χ2n) is 3.41. The van der Waals surface area contributed by atoms with Gasteiger partial charge >= 0.3 is 0 Å². The third-order valence-corrected chi connectivity index (χ3v) is 2.99. The molecule has 0 unspecified atom stereocenters. The lowest BCUT2D eigenvalue weighted by Gasteiger charge is -2.22. The quantitative estimate of drug-likeness (QED) is 0.726. The van der Waals surface area contributed by atoms with Crippen molar-refractivity contribution in [3.05, 3.63) is 28.5 Å². The van der Waals surface area contributed by atoms with Crippen LogP contribution in [-0.4, -0.2) is 30.9 Å². The van der Waals surface area contributed by atoms with Gasteiger partial charge in [0.15, 0.2) is 0 Å². The van der Waals surface area contributed by atoms with Crippen molar-refractivity contribution in [3.8, 4) is 0 Å². The zero-order chi connectivity index (χ0) is 9.80. The smallest absolute Gasteiger partial charge is 0.123 e. The van der Waals surface area contributed by atoms with Crippen molar-refractivity contribution in [1.82, 2.24) is 4.90 Å². The largest absolute Gasteiger partial charge is 0.360 e. The topological polar surface area (TPSA) is 15.6 Å². The summed E-state index contributed by atoms with van der Waals surface area (Å²) in [7, 11) is 2.09. The van der Waals surface area contributed by atoms with Gasteiger partial charge in [-0.2, -0.15) is 11.3 Å². The fourth-order valence-corrected chi connectivity index (χ4v) is 2.09. The van der Waals surface area contributed by atoms with Crippen LogP contribution in [0.25, 0.3) is 6.08 Å². The van der Waals surface area contributed by atoms with Crippen molar-refractivity contribution in [2.24, 2.45) is 4.99 Å². The van der Waals surface area contributed by atoms with Crippen LogP contribution >= 0.6 is 11.3 Å². The molecule has 2 heterocycles. The van der Waals surface area contributed by atoms with Gasteiger partial charge in [0.25, 0.3) is 0 Å². The number of nitrogens with zero attached hydrogens (tertiary/aromatic N) is 2. The summed E-state index contributed by atoms with van der Waals surface area (Å²) in [6.45, 7) is 2.08. The zero-order valence-corrected chi connectivity index (χ0v) is 9.13. The standard InChI is InChI=1S/C11H14N2S/c1-13-7-2-6-12-11(13)4-3-10-5-8-14-9-10/h3-5,8-9H,2,6-7H2,1H3/b4-3+. The summed E-state index contributed by atoms with van der Waals surface area (Å²) in [6, 6.07) is 2.12. The van der Waals surface area contributed by atoms with Gasteiger partial charge in [-0.3, -0.25) is 4.99 Å². The fourth-order valence-electron chi connectivity index (χ4n) is 1.46. The van der Waals surface area contributed by atoms with E-state index in [0.29, 0.717) is 0 Å². The summed E-state index contributed by atoms with van der Waals surface area (Å²) >= 11 is 1.72. The molecule has 1 aromatic heterocycles. The van der Waals surface area contributed by atoms with E-state index >= 15 is 0 Å². The Balaban J connectivity index is 2.06. The second-order valence-corrected chi connectivity index (χ2v) is 4.19. The molecule has 0 radical (unpaired) electrons. The summed E-state index contributed by atoms with van der Waals surface area (Å²) in [5.41, 5.74) is 1.26. The van der Waals surface area contributed by atoms with Gasteiger partial charge in [-0.1, -0.05) is 6.08 Å². The Bertz CT molecular complexity index is 338. The van der Waals surface area contributed by atoms with Gasteiger partial charge < -0.3 is 4.90 Å². The number of thiophene rings is 1. The molecule has 0 saturated carbocycles. The highest BCUT2D eigenvalue weighted by Gasteiger charge is 2.06. The fraction of sp³-hybridized carbons (Fsp3) is 0.364. The van der Waals surface area contributed by atoms with Gasteiger partial charge in [0.2, 0.25) is 0 Å². The number of hydrogen-bond donors (Lipinski definition) is 0. The minimum Gasteiger partial charge on any atom is -0.360 e. The van der Waals surface area contributed by atoms with Gasteiger partial charge in [-0.15, -0.1) is 0 Å². The minimum absolute atomic E-state index is 0.966. The van der Waals surface area contributed by atoms with Crippen LogP contribution in [0.4, 0.5) is 0 Å². The maximum atomic E-state index is 4.47. The van der Waals surface area contributed by atoms with Crippen molar-refractivity contribution in [2.75, 3.05) is 20.1 Å². The molecule has 0 fully saturated rings. The Morgan fingerprint density at radius 2 is 2.43 bits per heavy atom. The number of hydrogen-bond acceptors (Lipinski definition) is 3. The van der Waals surface area contributed by atoms with E-state index in [-0.39, 0.29) is 0 Å². The molecule has 0 saturated heterocycles. The first-order valence-corrected chi connectivity index (χ1v) is 5.76. The Morgan fingerprint density at radius 1 is 1.50 bits per heavy atom. The average molecular weight is 206 g/mol. The molecule has 0 spiro atoms.